The van der Waals surface area contributed by atoms with Crippen LogP contribution in [0.25, 0.3) is 0 Å². The minimum Gasteiger partial charge on any atom is -0.434 e. The third-order valence-electron chi connectivity index (χ3n) is 2.49. The minimum atomic E-state index is -1.22. The van der Waals surface area contributed by atoms with Gasteiger partial charge in [-0.25, -0.2) is 4.79 Å². The molecule has 16 heavy (non-hydrogen) atoms. The van der Waals surface area contributed by atoms with Crippen molar-refractivity contribution in [3.05, 3.63) is 0 Å². The van der Waals surface area contributed by atoms with Gasteiger partial charge in [0.15, 0.2) is 0 Å². The Morgan fingerprint density at radius 3 is 2.38 bits per heavy atom. The van der Waals surface area contributed by atoms with E-state index in [2.05, 4.69) is 0 Å². The third-order valence-corrected chi connectivity index (χ3v) is 2.49. The smallest absolute Gasteiger partial charge is 0.336 e. The highest BCUT2D eigenvalue weighted by atomic mass is 16.6. The molecule has 0 aliphatic carbocycles. The molecule has 0 saturated heterocycles. The molecule has 0 saturated carbocycles. The van der Waals surface area contributed by atoms with Crippen molar-refractivity contribution >= 4 is 5.97 Å². The number of unbranched alkanes of at least 4 members (excludes halogenated alkanes) is 1. The molecule has 0 aliphatic heterocycles. The molecule has 0 amide bonds. The second-order valence-electron chi connectivity index (χ2n) is 3.89. The number of carbonyl (C=O) groups is 1. The Morgan fingerprint density at radius 1 is 1.31 bits per heavy atom. The van der Waals surface area contributed by atoms with E-state index in [1.165, 1.54) is 6.92 Å². The second kappa shape index (κ2) is 8.50. The van der Waals surface area contributed by atoms with E-state index in [1.54, 1.807) is 0 Å². The standard InChI is InChI=1S/C11H22O5/c1-3-9(6-4-5-7-12)11(15)16-10(14)8(2)13/h8-9,11-13,15H,3-7H2,1-2H3. The van der Waals surface area contributed by atoms with Crippen molar-refractivity contribution in [2.75, 3.05) is 6.61 Å². The number of ether oxygens (including phenoxy) is 1. The van der Waals surface area contributed by atoms with Crippen LogP contribution in [0.15, 0.2) is 0 Å². The third kappa shape index (κ3) is 6.05. The van der Waals surface area contributed by atoms with E-state index in [1.807, 2.05) is 6.92 Å². The van der Waals surface area contributed by atoms with Gasteiger partial charge in [0.05, 0.1) is 0 Å². The normalized spacial score (nSPS) is 16.6. The molecule has 0 bridgehead atoms. The number of hydrogen-bond acceptors (Lipinski definition) is 5. The number of aliphatic hydroxyl groups is 3. The molecule has 5 heteroatoms. The van der Waals surface area contributed by atoms with Gasteiger partial charge in [0.1, 0.15) is 6.10 Å². The Labute approximate surface area is 96.0 Å². The second-order valence-corrected chi connectivity index (χ2v) is 3.89. The van der Waals surface area contributed by atoms with Crippen molar-refractivity contribution in [1.82, 2.24) is 0 Å². The van der Waals surface area contributed by atoms with Crippen LogP contribution in [0.5, 0.6) is 0 Å². The first-order chi connectivity index (χ1) is 7.52. The summed E-state index contributed by atoms with van der Waals surface area (Å²) < 4.78 is 4.70. The summed E-state index contributed by atoms with van der Waals surface area (Å²) in [5.74, 6) is -0.956. The summed E-state index contributed by atoms with van der Waals surface area (Å²) in [5.41, 5.74) is 0. The van der Waals surface area contributed by atoms with Crippen molar-refractivity contribution < 1.29 is 24.9 Å². The molecule has 0 heterocycles. The predicted molar refractivity (Wildman–Crippen MR) is 58.5 cm³/mol. The van der Waals surface area contributed by atoms with Crippen LogP contribution in [0.2, 0.25) is 0 Å². The summed E-state index contributed by atoms with van der Waals surface area (Å²) in [4.78, 5) is 11.0. The number of esters is 1. The fourth-order valence-electron chi connectivity index (χ4n) is 1.38. The number of hydrogen-bond donors (Lipinski definition) is 3. The van der Waals surface area contributed by atoms with Gasteiger partial charge in [0.25, 0.3) is 0 Å². The van der Waals surface area contributed by atoms with Crippen LogP contribution >= 0.6 is 0 Å². The van der Waals surface area contributed by atoms with Crippen LogP contribution in [0.4, 0.5) is 0 Å². The van der Waals surface area contributed by atoms with E-state index in [9.17, 15) is 9.90 Å². The van der Waals surface area contributed by atoms with Crippen molar-refractivity contribution in [3.8, 4) is 0 Å². The maximum atomic E-state index is 11.0. The molecular weight excluding hydrogens is 212 g/mol. The highest BCUT2D eigenvalue weighted by molar-refractivity contribution is 5.73. The van der Waals surface area contributed by atoms with Gasteiger partial charge < -0.3 is 20.1 Å². The van der Waals surface area contributed by atoms with Gasteiger partial charge in [0, 0.05) is 12.5 Å². The molecule has 0 spiro atoms. The van der Waals surface area contributed by atoms with E-state index in [-0.39, 0.29) is 12.5 Å². The molecular formula is C11H22O5. The fourth-order valence-corrected chi connectivity index (χ4v) is 1.38. The summed E-state index contributed by atoms with van der Waals surface area (Å²) in [5, 5.41) is 27.2. The molecule has 0 radical (unpaired) electrons. The van der Waals surface area contributed by atoms with Crippen molar-refractivity contribution in [3.63, 3.8) is 0 Å². The lowest BCUT2D eigenvalue weighted by Crippen LogP contribution is -2.31. The lowest BCUT2D eigenvalue weighted by molar-refractivity contribution is -0.186. The van der Waals surface area contributed by atoms with Gasteiger partial charge in [0.2, 0.25) is 6.29 Å². The molecule has 0 fully saturated rings. The first-order valence-corrected chi connectivity index (χ1v) is 5.70. The van der Waals surface area contributed by atoms with Gasteiger partial charge in [-0.2, -0.15) is 0 Å². The topological polar surface area (TPSA) is 87.0 Å². The fraction of sp³-hybridized carbons (Fsp3) is 0.909. The molecule has 0 aliphatic rings. The first-order valence-electron chi connectivity index (χ1n) is 5.70. The molecule has 0 aromatic rings. The molecule has 0 aromatic heterocycles. The Balaban J connectivity index is 3.99. The number of rotatable bonds is 8. The van der Waals surface area contributed by atoms with Crippen molar-refractivity contribution in [2.45, 2.75) is 51.9 Å². The summed E-state index contributed by atoms with van der Waals surface area (Å²) in [6, 6.07) is 0. The van der Waals surface area contributed by atoms with Crippen molar-refractivity contribution in [1.29, 1.82) is 0 Å². The van der Waals surface area contributed by atoms with Gasteiger partial charge in [-0.1, -0.05) is 13.3 Å². The van der Waals surface area contributed by atoms with Gasteiger partial charge in [-0.15, -0.1) is 0 Å². The zero-order valence-corrected chi connectivity index (χ0v) is 9.93. The van der Waals surface area contributed by atoms with E-state index in [0.29, 0.717) is 19.3 Å². The number of carbonyl (C=O) groups excluding carboxylic acids is 1. The maximum absolute atomic E-state index is 11.0. The molecule has 3 N–H and O–H groups in total. The summed E-state index contributed by atoms with van der Waals surface area (Å²) in [6.45, 7) is 3.31. The highest BCUT2D eigenvalue weighted by Gasteiger charge is 2.22. The van der Waals surface area contributed by atoms with Crippen molar-refractivity contribution in [2.24, 2.45) is 5.92 Å². The monoisotopic (exact) mass is 234 g/mol. The largest absolute Gasteiger partial charge is 0.434 e. The summed E-state index contributed by atoms with van der Waals surface area (Å²) >= 11 is 0. The molecule has 3 unspecified atom stereocenters. The Kier molecular flexibility index (Phi) is 8.15. The lowest BCUT2D eigenvalue weighted by Gasteiger charge is -2.21. The first kappa shape index (κ1) is 15.3. The lowest BCUT2D eigenvalue weighted by atomic mass is 9.99. The highest BCUT2D eigenvalue weighted by Crippen LogP contribution is 2.18. The van der Waals surface area contributed by atoms with Gasteiger partial charge >= 0.3 is 5.97 Å². The van der Waals surface area contributed by atoms with Crippen LogP contribution in [0.1, 0.15) is 39.5 Å². The van der Waals surface area contributed by atoms with Gasteiger partial charge in [-0.3, -0.25) is 0 Å². The predicted octanol–water partition coefficient (Wildman–Crippen LogP) is 0.418. The SMILES string of the molecule is CCC(CCCCO)C(O)OC(=O)C(C)O. The Bertz CT molecular complexity index is 193. The molecule has 0 aromatic carbocycles. The van der Waals surface area contributed by atoms with Crippen LogP contribution in [-0.4, -0.2) is 40.3 Å². The van der Waals surface area contributed by atoms with Crippen LogP contribution in [0.3, 0.4) is 0 Å². The average Bonchev–Trinajstić information content (AvgIpc) is 2.24. The Hall–Kier alpha value is -0.650. The Morgan fingerprint density at radius 2 is 1.94 bits per heavy atom. The zero-order valence-electron chi connectivity index (χ0n) is 9.93. The maximum Gasteiger partial charge on any atom is 0.336 e. The molecule has 0 rings (SSSR count). The molecule has 5 nitrogen and oxygen atoms in total. The summed E-state index contributed by atoms with van der Waals surface area (Å²) in [6.07, 6.45) is 0.423. The minimum absolute atomic E-state index is 0.125. The quantitative estimate of drug-likeness (QED) is 0.322. The van der Waals surface area contributed by atoms with E-state index in [4.69, 9.17) is 14.9 Å². The van der Waals surface area contributed by atoms with E-state index >= 15 is 0 Å². The van der Waals surface area contributed by atoms with Crippen LogP contribution < -0.4 is 0 Å². The number of aliphatic hydroxyl groups excluding tert-OH is 3. The molecule has 3 atom stereocenters. The van der Waals surface area contributed by atoms with E-state index in [0.717, 1.165) is 6.42 Å². The van der Waals surface area contributed by atoms with Crippen LogP contribution in [0, 0.1) is 5.92 Å². The molecule has 96 valence electrons. The summed E-state index contributed by atoms with van der Waals surface area (Å²) in [7, 11) is 0. The van der Waals surface area contributed by atoms with Gasteiger partial charge in [-0.05, 0) is 26.2 Å². The zero-order chi connectivity index (χ0) is 12.6. The van der Waals surface area contributed by atoms with Crippen LogP contribution in [-0.2, 0) is 9.53 Å². The average molecular weight is 234 g/mol. The van der Waals surface area contributed by atoms with E-state index < -0.39 is 18.4 Å².